The van der Waals surface area contributed by atoms with Crippen molar-refractivity contribution >= 4 is 32.2 Å². The van der Waals surface area contributed by atoms with E-state index in [1.54, 1.807) is 26.0 Å². The quantitative estimate of drug-likeness (QED) is 0.324. The van der Waals surface area contributed by atoms with Crippen LogP contribution in [0.2, 0.25) is 0 Å². The first-order chi connectivity index (χ1) is 17.9. The van der Waals surface area contributed by atoms with Crippen molar-refractivity contribution in [2.45, 2.75) is 49.1 Å². The number of benzene rings is 3. The lowest BCUT2D eigenvalue weighted by atomic mass is 10.0. The summed E-state index contributed by atoms with van der Waals surface area (Å²) in [6, 6.07) is 13.6. The maximum atomic E-state index is 15.3. The molecule has 4 N–H and O–H groups in total. The average molecular weight is 563 g/mol. The lowest BCUT2D eigenvalue weighted by Gasteiger charge is -2.51. The Morgan fingerprint density at radius 3 is 2.42 bits per heavy atom. The molecule has 204 valence electrons. The second-order valence-corrected chi connectivity index (χ2v) is 13.5. The molecule has 3 aromatic rings. The molecule has 0 saturated carbocycles. The number of nitrogens with one attached hydrogen (secondary N) is 1. The molecule has 2 atom stereocenters. The Bertz CT molecular complexity index is 1460. The van der Waals surface area contributed by atoms with Crippen molar-refractivity contribution < 1.29 is 31.8 Å². The van der Waals surface area contributed by atoms with Crippen molar-refractivity contribution in [2.24, 2.45) is 0 Å². The average Bonchev–Trinajstić information content (AvgIpc) is 2.87. The molecule has 1 aliphatic heterocycles. The van der Waals surface area contributed by atoms with Crippen LogP contribution in [-0.2, 0) is 16.3 Å². The van der Waals surface area contributed by atoms with Gasteiger partial charge in [-0.2, -0.15) is 0 Å². The summed E-state index contributed by atoms with van der Waals surface area (Å²) in [7, 11) is -6.91. The molecule has 0 aliphatic carbocycles. The van der Waals surface area contributed by atoms with Crippen LogP contribution in [0.4, 0.5) is 10.1 Å². The number of anilines is 1. The van der Waals surface area contributed by atoms with E-state index in [2.05, 4.69) is 5.32 Å². The second-order valence-electron chi connectivity index (χ2n) is 9.36. The van der Waals surface area contributed by atoms with Crippen LogP contribution >= 0.6 is 10.8 Å². The van der Waals surface area contributed by atoms with Crippen LogP contribution in [-0.4, -0.2) is 46.9 Å². The van der Waals surface area contributed by atoms with Crippen LogP contribution in [0.15, 0.2) is 70.5 Å². The zero-order valence-corrected chi connectivity index (χ0v) is 22.9. The number of aryl methyl sites for hydroxylation is 1. The number of halogens is 1. The maximum absolute atomic E-state index is 15.3. The Morgan fingerprint density at radius 2 is 1.82 bits per heavy atom. The van der Waals surface area contributed by atoms with Crippen LogP contribution in [0.3, 0.4) is 0 Å². The standard InChI is InChI=1S/C27H31FN2O6S2/c1-4-37(33,34)22-9-6-19(7-10-22)24(16-31)29-27(32)20-8-11-25(23(28)15-20)30-18(3)14-21-13-17(2)5-12-26(21)38(30,35)36/h5-13,15,18,24,31,35-36H,4,14,16H2,1-3H3,(H,29,32)/t18?,24-/m0/s1. The highest BCUT2D eigenvalue weighted by molar-refractivity contribution is 8.25. The third-order valence-electron chi connectivity index (χ3n) is 6.66. The zero-order valence-electron chi connectivity index (χ0n) is 21.3. The molecule has 0 radical (unpaired) electrons. The Labute approximate surface area is 223 Å². The van der Waals surface area contributed by atoms with Crippen molar-refractivity contribution in [2.75, 3.05) is 16.7 Å². The summed E-state index contributed by atoms with van der Waals surface area (Å²) in [5, 5.41) is 12.5. The molecule has 1 unspecified atom stereocenters. The number of hydrogen-bond acceptors (Lipinski definition) is 7. The fraction of sp³-hybridized carbons (Fsp3) is 0.296. The largest absolute Gasteiger partial charge is 0.394 e. The van der Waals surface area contributed by atoms with Crippen LogP contribution < -0.4 is 9.62 Å². The first-order valence-electron chi connectivity index (χ1n) is 12.1. The molecule has 3 aromatic carbocycles. The normalized spacial score (nSPS) is 18.4. The smallest absolute Gasteiger partial charge is 0.251 e. The van der Waals surface area contributed by atoms with E-state index in [4.69, 9.17) is 0 Å². The van der Waals surface area contributed by atoms with Gasteiger partial charge in [-0.25, -0.2) is 12.8 Å². The van der Waals surface area contributed by atoms with Gasteiger partial charge >= 0.3 is 0 Å². The monoisotopic (exact) mass is 562 g/mol. The molecule has 4 rings (SSSR count). The van der Waals surface area contributed by atoms with Gasteiger partial charge in [0.15, 0.2) is 9.84 Å². The predicted octanol–water partition coefficient (Wildman–Crippen LogP) is 4.87. The molecule has 11 heteroatoms. The van der Waals surface area contributed by atoms with E-state index in [0.29, 0.717) is 16.9 Å². The topological polar surface area (TPSA) is 127 Å². The molecule has 1 amide bonds. The molecule has 0 bridgehead atoms. The molecule has 0 saturated heterocycles. The van der Waals surface area contributed by atoms with E-state index in [1.165, 1.54) is 40.7 Å². The molecule has 38 heavy (non-hydrogen) atoms. The third-order valence-corrected chi connectivity index (χ3v) is 10.5. The number of carbonyl (C=O) groups excluding carboxylic acids is 1. The van der Waals surface area contributed by atoms with Gasteiger partial charge in [-0.15, -0.1) is 0 Å². The van der Waals surface area contributed by atoms with Gasteiger partial charge in [-0.05, 0) is 67.8 Å². The Kier molecular flexibility index (Phi) is 7.87. The highest BCUT2D eigenvalue weighted by atomic mass is 32.3. The summed E-state index contributed by atoms with van der Waals surface area (Å²) in [5.74, 6) is -1.50. The molecular formula is C27H31FN2O6S2. The number of hydrogen-bond donors (Lipinski definition) is 4. The first-order valence-corrected chi connectivity index (χ1v) is 15.3. The summed E-state index contributed by atoms with van der Waals surface area (Å²) in [5.41, 5.74) is 2.22. The summed E-state index contributed by atoms with van der Waals surface area (Å²) >= 11 is 0. The Balaban J connectivity index is 1.56. The van der Waals surface area contributed by atoms with Gasteiger partial charge < -0.3 is 10.4 Å². The number of carbonyl (C=O) groups is 1. The Morgan fingerprint density at radius 1 is 1.13 bits per heavy atom. The van der Waals surface area contributed by atoms with Gasteiger partial charge in [0.2, 0.25) is 0 Å². The SMILES string of the molecule is CCS(=O)(=O)c1ccc([C@H](CO)NC(=O)c2ccc(N3C(C)Cc4cc(C)ccc4S3(O)O)c(F)c2)cc1. The van der Waals surface area contributed by atoms with Crippen LogP contribution in [0.25, 0.3) is 0 Å². The van der Waals surface area contributed by atoms with E-state index in [0.717, 1.165) is 17.2 Å². The van der Waals surface area contributed by atoms with Crippen LogP contribution in [0.5, 0.6) is 0 Å². The van der Waals surface area contributed by atoms with E-state index in [9.17, 15) is 27.4 Å². The summed E-state index contributed by atoms with van der Waals surface area (Å²) < 4.78 is 62.9. The van der Waals surface area contributed by atoms with Gasteiger partial charge in [-0.1, -0.05) is 47.5 Å². The Hall–Kier alpha value is -2.96. The minimum atomic E-state index is -3.52. The van der Waals surface area contributed by atoms with Crippen molar-refractivity contribution in [1.29, 1.82) is 0 Å². The third kappa shape index (κ3) is 5.29. The highest BCUT2D eigenvalue weighted by Crippen LogP contribution is 2.59. The van der Waals surface area contributed by atoms with Crippen molar-refractivity contribution in [3.8, 4) is 0 Å². The lowest BCUT2D eigenvalue weighted by Crippen LogP contribution is -2.41. The number of amides is 1. The minimum absolute atomic E-state index is 0.0213. The van der Waals surface area contributed by atoms with E-state index in [1.807, 2.05) is 13.0 Å². The van der Waals surface area contributed by atoms with E-state index in [-0.39, 0.29) is 21.9 Å². The number of rotatable bonds is 7. The minimum Gasteiger partial charge on any atom is -0.394 e. The second kappa shape index (κ2) is 10.7. The number of aliphatic hydroxyl groups is 1. The van der Waals surface area contributed by atoms with Crippen molar-refractivity contribution in [1.82, 2.24) is 5.32 Å². The zero-order chi connectivity index (χ0) is 27.8. The van der Waals surface area contributed by atoms with E-state index < -0.39 is 51.0 Å². The van der Waals surface area contributed by atoms with Gasteiger partial charge in [0.1, 0.15) is 5.82 Å². The fourth-order valence-corrected chi connectivity index (χ4v) is 7.48. The fourth-order valence-electron chi connectivity index (χ4n) is 4.64. The lowest BCUT2D eigenvalue weighted by molar-refractivity contribution is 0.0915. The van der Waals surface area contributed by atoms with Gasteiger partial charge in [0.25, 0.3) is 5.91 Å². The molecule has 0 spiro atoms. The highest BCUT2D eigenvalue weighted by Gasteiger charge is 2.38. The van der Waals surface area contributed by atoms with Crippen LogP contribution in [0.1, 0.15) is 46.9 Å². The molecule has 1 heterocycles. The number of fused-ring (bicyclic) bond motifs is 1. The van der Waals surface area contributed by atoms with E-state index >= 15 is 4.39 Å². The van der Waals surface area contributed by atoms with Gasteiger partial charge in [-0.3, -0.25) is 18.2 Å². The van der Waals surface area contributed by atoms with Crippen LogP contribution in [0, 0.1) is 12.7 Å². The van der Waals surface area contributed by atoms with Crippen molar-refractivity contribution in [3.05, 3.63) is 88.7 Å². The number of aliphatic hydroxyl groups excluding tert-OH is 1. The molecular weight excluding hydrogens is 531 g/mol. The number of sulfone groups is 1. The van der Waals surface area contributed by atoms with Gasteiger partial charge in [0, 0.05) is 5.56 Å². The molecule has 8 nitrogen and oxygen atoms in total. The molecule has 0 fully saturated rings. The molecule has 0 aromatic heterocycles. The van der Waals surface area contributed by atoms with Crippen molar-refractivity contribution in [3.63, 3.8) is 0 Å². The first kappa shape index (κ1) is 28.1. The van der Waals surface area contributed by atoms with Gasteiger partial charge in [0.05, 0.1) is 39.9 Å². The predicted molar refractivity (Wildman–Crippen MR) is 146 cm³/mol. The molecule has 1 aliphatic rings. The number of nitrogens with zero attached hydrogens (tertiary/aromatic N) is 1. The summed E-state index contributed by atoms with van der Waals surface area (Å²) in [6.45, 7) is 4.78. The summed E-state index contributed by atoms with van der Waals surface area (Å²) in [6.07, 6.45) is 0.491. The maximum Gasteiger partial charge on any atom is 0.251 e. The summed E-state index contributed by atoms with van der Waals surface area (Å²) in [4.78, 5) is 13.4.